The van der Waals surface area contributed by atoms with Gasteiger partial charge in [-0.05, 0) is 42.2 Å². The van der Waals surface area contributed by atoms with Crippen molar-refractivity contribution in [2.24, 2.45) is 0 Å². The van der Waals surface area contributed by atoms with Crippen molar-refractivity contribution in [3.05, 3.63) is 81.7 Å². The number of hydrogen-bond donors (Lipinski definition) is 1. The molecule has 2 atom stereocenters. The van der Waals surface area contributed by atoms with Gasteiger partial charge in [-0.3, -0.25) is 9.69 Å². The van der Waals surface area contributed by atoms with E-state index in [0.717, 1.165) is 23.5 Å². The van der Waals surface area contributed by atoms with Gasteiger partial charge in [0.15, 0.2) is 0 Å². The largest absolute Gasteiger partial charge is 0.496 e. The highest BCUT2D eigenvalue weighted by Gasteiger charge is 2.38. The van der Waals surface area contributed by atoms with E-state index in [1.807, 2.05) is 23.1 Å². The second-order valence-electron chi connectivity index (χ2n) is 8.31. The van der Waals surface area contributed by atoms with Crippen LogP contribution in [0.5, 0.6) is 5.75 Å². The van der Waals surface area contributed by atoms with Crippen molar-refractivity contribution in [2.45, 2.75) is 32.0 Å². The Bertz CT molecular complexity index is 1110. The van der Waals surface area contributed by atoms with E-state index in [-0.39, 0.29) is 18.0 Å². The highest BCUT2D eigenvalue weighted by Crippen LogP contribution is 2.43. The Morgan fingerprint density at radius 1 is 1.16 bits per heavy atom. The minimum Gasteiger partial charge on any atom is -0.496 e. The molecule has 0 aliphatic carbocycles. The molecule has 160 valence electrons. The average Bonchev–Trinajstić information content (AvgIpc) is 3.33. The quantitative estimate of drug-likeness (QED) is 0.636. The second-order valence-corrected chi connectivity index (χ2v) is 9.42. The molecule has 5 rings (SSSR count). The first-order valence-corrected chi connectivity index (χ1v) is 11.5. The molecule has 0 saturated carbocycles. The van der Waals surface area contributed by atoms with Crippen LogP contribution in [-0.2, 0) is 13.0 Å². The number of fused-ring (bicyclic) bond motifs is 2. The Morgan fingerprint density at radius 3 is 2.74 bits per heavy atom. The Kier molecular flexibility index (Phi) is 5.20. The molecule has 2 aliphatic rings. The lowest BCUT2D eigenvalue weighted by Crippen LogP contribution is -2.43. The summed E-state index contributed by atoms with van der Waals surface area (Å²) in [7, 11) is 1.62. The fourth-order valence-electron chi connectivity index (χ4n) is 4.99. The molecular weight excluding hydrogens is 406 g/mol. The highest BCUT2D eigenvalue weighted by atomic mass is 32.1. The maximum Gasteiger partial charge on any atom is 0.258 e. The Morgan fingerprint density at radius 2 is 1.97 bits per heavy atom. The lowest BCUT2D eigenvalue weighted by atomic mass is 9.96. The molecule has 2 aromatic carbocycles. The first-order valence-electron chi connectivity index (χ1n) is 10.7. The van der Waals surface area contributed by atoms with Crippen LogP contribution in [0.1, 0.15) is 50.9 Å². The smallest absolute Gasteiger partial charge is 0.258 e. The van der Waals surface area contributed by atoms with Crippen LogP contribution < -0.4 is 10.5 Å². The molecule has 3 heterocycles. The molecule has 31 heavy (non-hydrogen) atoms. The molecule has 0 spiro atoms. The van der Waals surface area contributed by atoms with Gasteiger partial charge < -0.3 is 15.4 Å². The summed E-state index contributed by atoms with van der Waals surface area (Å²) in [6.07, 6.45) is 0.985. The lowest BCUT2D eigenvalue weighted by molar-refractivity contribution is 0.0631. The normalized spacial score (nSPS) is 19.2. The van der Waals surface area contributed by atoms with Gasteiger partial charge in [0, 0.05) is 30.6 Å². The number of nitrogen functional groups attached to an aromatic ring is 1. The van der Waals surface area contributed by atoms with E-state index in [2.05, 4.69) is 48.2 Å². The predicted molar refractivity (Wildman–Crippen MR) is 124 cm³/mol. The van der Waals surface area contributed by atoms with E-state index >= 15 is 0 Å². The summed E-state index contributed by atoms with van der Waals surface area (Å²) in [5, 5.41) is 0.849. The summed E-state index contributed by atoms with van der Waals surface area (Å²) in [6, 6.07) is 18.9. The number of carbonyl (C=O) groups is 1. The highest BCUT2D eigenvalue weighted by molar-refractivity contribution is 7.16. The van der Waals surface area contributed by atoms with Crippen molar-refractivity contribution < 1.29 is 9.53 Å². The summed E-state index contributed by atoms with van der Waals surface area (Å²) >= 11 is 1.66. The molecular formula is C25H27N3O2S. The van der Waals surface area contributed by atoms with E-state index in [4.69, 9.17) is 10.5 Å². The monoisotopic (exact) mass is 433 g/mol. The number of ether oxygens (including phenoxy) is 1. The van der Waals surface area contributed by atoms with Crippen molar-refractivity contribution in [2.75, 3.05) is 25.9 Å². The van der Waals surface area contributed by atoms with Gasteiger partial charge >= 0.3 is 0 Å². The number of rotatable bonds is 5. The molecule has 6 heteroatoms. The van der Waals surface area contributed by atoms with Crippen LogP contribution in [-0.4, -0.2) is 35.9 Å². The van der Waals surface area contributed by atoms with Crippen LogP contribution in [0.25, 0.3) is 0 Å². The standard InChI is InChI=1S/C25H27N3O2S/c1-16(17-7-4-3-5-8-17)28-12-11-18-13-22(26)31-24(18)20(28)15-27-14-19-9-6-10-21(30-2)23(19)25(27)29/h3-10,13,16,20H,11-12,14-15,26H2,1-2H3/t16-,20-/m0/s1. The predicted octanol–water partition coefficient (Wildman–Crippen LogP) is 4.66. The van der Waals surface area contributed by atoms with Gasteiger partial charge in [-0.25, -0.2) is 0 Å². The first-order chi connectivity index (χ1) is 15.1. The minimum atomic E-state index is 0.0522. The zero-order valence-corrected chi connectivity index (χ0v) is 18.7. The van der Waals surface area contributed by atoms with Crippen molar-refractivity contribution in [1.29, 1.82) is 0 Å². The third-order valence-corrected chi connectivity index (χ3v) is 7.68. The number of benzene rings is 2. The molecule has 3 aromatic rings. The first kappa shape index (κ1) is 20.1. The number of anilines is 1. The van der Waals surface area contributed by atoms with Gasteiger partial charge in [-0.2, -0.15) is 0 Å². The molecule has 0 bridgehead atoms. The molecule has 2 aliphatic heterocycles. The third kappa shape index (κ3) is 3.50. The van der Waals surface area contributed by atoms with Crippen molar-refractivity contribution in [3.63, 3.8) is 0 Å². The van der Waals surface area contributed by atoms with Gasteiger partial charge in [0.1, 0.15) is 5.75 Å². The number of nitrogens with two attached hydrogens (primary N) is 1. The number of nitrogens with zero attached hydrogens (tertiary/aromatic N) is 2. The molecule has 1 amide bonds. The number of methoxy groups -OCH3 is 1. The molecule has 2 N–H and O–H groups in total. The molecule has 0 saturated heterocycles. The van der Waals surface area contributed by atoms with Gasteiger partial charge in [-0.1, -0.05) is 42.5 Å². The van der Waals surface area contributed by atoms with Gasteiger partial charge in [-0.15, -0.1) is 11.3 Å². The summed E-state index contributed by atoms with van der Waals surface area (Å²) < 4.78 is 5.47. The number of carbonyl (C=O) groups excluding carboxylic acids is 1. The summed E-state index contributed by atoms with van der Waals surface area (Å²) in [5.41, 5.74) is 10.6. The maximum atomic E-state index is 13.3. The van der Waals surface area contributed by atoms with Gasteiger partial charge in [0.25, 0.3) is 5.91 Å². The molecule has 5 nitrogen and oxygen atoms in total. The average molecular weight is 434 g/mol. The number of amides is 1. The summed E-state index contributed by atoms with van der Waals surface area (Å²) in [6.45, 7) is 4.46. The van der Waals surface area contributed by atoms with E-state index in [9.17, 15) is 4.79 Å². The topological polar surface area (TPSA) is 58.8 Å². The number of thiophene rings is 1. The minimum absolute atomic E-state index is 0.0522. The molecule has 0 radical (unpaired) electrons. The maximum absolute atomic E-state index is 13.3. The van der Waals surface area contributed by atoms with Gasteiger partial charge in [0.05, 0.1) is 23.7 Å². The van der Waals surface area contributed by atoms with Crippen molar-refractivity contribution in [1.82, 2.24) is 9.80 Å². The van der Waals surface area contributed by atoms with Crippen molar-refractivity contribution in [3.8, 4) is 5.75 Å². The van der Waals surface area contributed by atoms with Crippen LogP contribution in [0.3, 0.4) is 0 Å². The second kappa shape index (κ2) is 8.02. The fraction of sp³-hybridized carbons (Fsp3) is 0.320. The number of hydrogen-bond acceptors (Lipinski definition) is 5. The molecule has 0 unspecified atom stereocenters. The lowest BCUT2D eigenvalue weighted by Gasteiger charge is -2.41. The summed E-state index contributed by atoms with van der Waals surface area (Å²) in [4.78, 5) is 19.1. The van der Waals surface area contributed by atoms with Crippen LogP contribution in [0.15, 0.2) is 54.6 Å². The van der Waals surface area contributed by atoms with Crippen LogP contribution in [0, 0.1) is 0 Å². The zero-order valence-electron chi connectivity index (χ0n) is 17.9. The molecule has 0 fully saturated rings. The van der Waals surface area contributed by atoms with E-state index in [1.165, 1.54) is 16.0 Å². The van der Waals surface area contributed by atoms with E-state index in [1.54, 1.807) is 18.4 Å². The Hall–Kier alpha value is -2.83. The molecule has 1 aromatic heterocycles. The fourth-order valence-corrected chi connectivity index (χ4v) is 6.08. The zero-order chi connectivity index (χ0) is 21.5. The summed E-state index contributed by atoms with van der Waals surface area (Å²) in [5.74, 6) is 0.709. The SMILES string of the molecule is COc1cccc2c1C(=O)N(C[C@H]1c3sc(N)cc3CCN1[C@@H](C)c1ccccc1)C2. The Balaban J connectivity index is 1.48. The van der Waals surface area contributed by atoms with Crippen LogP contribution >= 0.6 is 11.3 Å². The van der Waals surface area contributed by atoms with Crippen molar-refractivity contribution >= 4 is 22.2 Å². The van der Waals surface area contributed by atoms with Gasteiger partial charge in [0.2, 0.25) is 0 Å². The third-order valence-electron chi connectivity index (χ3n) is 6.57. The van der Waals surface area contributed by atoms with Crippen LogP contribution in [0.4, 0.5) is 5.00 Å². The van der Waals surface area contributed by atoms with Crippen LogP contribution in [0.2, 0.25) is 0 Å². The Labute approximate surface area is 187 Å². The van der Waals surface area contributed by atoms with E-state index < -0.39 is 0 Å². The van der Waals surface area contributed by atoms with E-state index in [0.29, 0.717) is 24.4 Å².